The summed E-state index contributed by atoms with van der Waals surface area (Å²) in [7, 11) is 1.60. The van der Waals surface area contributed by atoms with E-state index in [-0.39, 0.29) is 12.3 Å². The minimum absolute atomic E-state index is 0.162. The second-order valence-corrected chi connectivity index (χ2v) is 5.35. The highest BCUT2D eigenvalue weighted by Gasteiger charge is 2.10. The van der Waals surface area contributed by atoms with Crippen LogP contribution in [0.4, 0.5) is 5.69 Å². The van der Waals surface area contributed by atoms with Crippen molar-refractivity contribution in [2.75, 3.05) is 25.6 Å². The Kier molecular flexibility index (Phi) is 6.90. The zero-order valence-electron chi connectivity index (χ0n) is 13.7. The molecule has 0 aliphatic carbocycles. The first-order valence-electron chi connectivity index (χ1n) is 7.61. The largest absolute Gasteiger partial charge is 0.497 e. The molecule has 0 heterocycles. The summed E-state index contributed by atoms with van der Waals surface area (Å²) < 4.78 is 16.1. The smallest absolute Gasteiger partial charge is 0.226 e. The first-order chi connectivity index (χ1) is 11.6. The van der Waals surface area contributed by atoms with Gasteiger partial charge in [0.1, 0.15) is 11.5 Å². The van der Waals surface area contributed by atoms with Crippen LogP contribution in [0.1, 0.15) is 13.3 Å². The molecule has 0 atom stereocenters. The van der Waals surface area contributed by atoms with Crippen molar-refractivity contribution in [1.29, 1.82) is 0 Å². The van der Waals surface area contributed by atoms with Crippen LogP contribution >= 0.6 is 11.6 Å². The number of nitrogens with one attached hydrogen (secondary N) is 1. The highest BCUT2D eigenvalue weighted by molar-refractivity contribution is 6.31. The Balaban J connectivity index is 2.10. The van der Waals surface area contributed by atoms with E-state index in [2.05, 4.69) is 5.32 Å². The molecule has 128 valence electrons. The lowest BCUT2D eigenvalue weighted by Crippen LogP contribution is -2.14. The second kappa shape index (κ2) is 9.15. The zero-order chi connectivity index (χ0) is 17.4. The molecule has 1 N–H and O–H groups in total. The SMILES string of the molecule is CCOCCC(=O)Nc1cc(Cl)ccc1Oc1ccc(OC)cc1. The standard InChI is InChI=1S/C18H20ClNO4/c1-3-23-11-10-18(21)20-16-12-13(19)4-9-17(16)24-15-7-5-14(22-2)6-8-15/h4-9,12H,3,10-11H2,1-2H3,(H,20,21). The minimum Gasteiger partial charge on any atom is -0.497 e. The molecule has 0 unspecified atom stereocenters. The van der Waals surface area contributed by atoms with E-state index in [0.717, 1.165) is 5.75 Å². The number of carbonyl (C=O) groups is 1. The van der Waals surface area contributed by atoms with Gasteiger partial charge < -0.3 is 19.5 Å². The Morgan fingerprint density at radius 2 is 1.83 bits per heavy atom. The summed E-state index contributed by atoms with van der Waals surface area (Å²) in [4.78, 5) is 12.0. The van der Waals surface area contributed by atoms with Gasteiger partial charge in [0.2, 0.25) is 5.91 Å². The predicted octanol–water partition coefficient (Wildman–Crippen LogP) is 4.51. The fraction of sp³-hybridized carbons (Fsp3) is 0.278. The van der Waals surface area contributed by atoms with Crippen LogP contribution in [-0.4, -0.2) is 26.2 Å². The van der Waals surface area contributed by atoms with E-state index in [4.69, 9.17) is 25.8 Å². The van der Waals surface area contributed by atoms with Gasteiger partial charge in [0, 0.05) is 11.6 Å². The van der Waals surface area contributed by atoms with E-state index < -0.39 is 0 Å². The number of halogens is 1. The van der Waals surface area contributed by atoms with Crippen molar-refractivity contribution in [3.8, 4) is 17.2 Å². The van der Waals surface area contributed by atoms with Crippen LogP contribution in [0.2, 0.25) is 5.02 Å². The second-order valence-electron chi connectivity index (χ2n) is 4.91. The molecule has 0 aliphatic heterocycles. The van der Waals surface area contributed by atoms with Crippen LogP contribution in [0.5, 0.6) is 17.2 Å². The first kappa shape index (κ1) is 18.1. The summed E-state index contributed by atoms with van der Waals surface area (Å²) in [5.74, 6) is 1.71. The molecule has 24 heavy (non-hydrogen) atoms. The third-order valence-corrected chi connectivity index (χ3v) is 3.42. The van der Waals surface area contributed by atoms with E-state index in [0.29, 0.717) is 35.4 Å². The lowest BCUT2D eigenvalue weighted by atomic mass is 10.2. The van der Waals surface area contributed by atoms with Gasteiger partial charge in [-0.2, -0.15) is 0 Å². The van der Waals surface area contributed by atoms with Crippen molar-refractivity contribution in [2.24, 2.45) is 0 Å². The number of amides is 1. The molecule has 0 aromatic heterocycles. The average molecular weight is 350 g/mol. The maximum atomic E-state index is 12.0. The number of benzene rings is 2. The van der Waals surface area contributed by atoms with Gasteiger partial charge in [-0.05, 0) is 49.4 Å². The predicted molar refractivity (Wildman–Crippen MR) is 94.3 cm³/mol. The Morgan fingerprint density at radius 1 is 1.12 bits per heavy atom. The number of anilines is 1. The third kappa shape index (κ3) is 5.44. The summed E-state index contributed by atoms with van der Waals surface area (Å²) in [5.41, 5.74) is 0.514. The van der Waals surface area contributed by atoms with Crippen LogP contribution in [0.15, 0.2) is 42.5 Å². The van der Waals surface area contributed by atoms with Crippen LogP contribution in [-0.2, 0) is 9.53 Å². The number of hydrogen-bond acceptors (Lipinski definition) is 4. The average Bonchev–Trinajstić information content (AvgIpc) is 2.58. The molecule has 0 bridgehead atoms. The van der Waals surface area contributed by atoms with Gasteiger partial charge in [0.05, 0.1) is 25.8 Å². The normalized spacial score (nSPS) is 10.3. The minimum atomic E-state index is -0.162. The van der Waals surface area contributed by atoms with Crippen LogP contribution in [0, 0.1) is 0 Å². The van der Waals surface area contributed by atoms with Crippen LogP contribution in [0.3, 0.4) is 0 Å². The quantitative estimate of drug-likeness (QED) is 0.712. The Labute approximate surface area is 146 Å². The molecule has 0 radical (unpaired) electrons. The van der Waals surface area contributed by atoms with Gasteiger partial charge in [-0.15, -0.1) is 0 Å². The number of rotatable bonds is 8. The summed E-state index contributed by atoms with van der Waals surface area (Å²) in [6.07, 6.45) is 0.266. The Bertz CT molecular complexity index is 673. The first-order valence-corrected chi connectivity index (χ1v) is 7.99. The molecule has 1 amide bonds. The molecule has 0 fully saturated rings. The van der Waals surface area contributed by atoms with Gasteiger partial charge in [-0.1, -0.05) is 11.6 Å². The lowest BCUT2D eigenvalue weighted by Gasteiger charge is -2.13. The molecule has 0 saturated heterocycles. The van der Waals surface area contributed by atoms with Gasteiger partial charge in [0.25, 0.3) is 0 Å². The van der Waals surface area contributed by atoms with Crippen molar-refractivity contribution < 1.29 is 19.0 Å². The fourth-order valence-electron chi connectivity index (χ4n) is 1.98. The van der Waals surface area contributed by atoms with Gasteiger partial charge in [-0.25, -0.2) is 0 Å². The number of hydrogen-bond donors (Lipinski definition) is 1. The van der Waals surface area contributed by atoms with Gasteiger partial charge >= 0.3 is 0 Å². The number of ether oxygens (including phenoxy) is 3. The summed E-state index contributed by atoms with van der Waals surface area (Å²) in [6, 6.07) is 12.2. The molecular formula is C18H20ClNO4. The van der Waals surface area contributed by atoms with Crippen molar-refractivity contribution in [3.05, 3.63) is 47.5 Å². The van der Waals surface area contributed by atoms with Crippen molar-refractivity contribution >= 4 is 23.2 Å². The van der Waals surface area contributed by atoms with E-state index >= 15 is 0 Å². The molecule has 0 saturated carbocycles. The topological polar surface area (TPSA) is 56.8 Å². The van der Waals surface area contributed by atoms with Crippen molar-refractivity contribution in [3.63, 3.8) is 0 Å². The Hall–Kier alpha value is -2.24. The van der Waals surface area contributed by atoms with Crippen LogP contribution < -0.4 is 14.8 Å². The molecular weight excluding hydrogens is 330 g/mol. The van der Waals surface area contributed by atoms with E-state index in [1.165, 1.54) is 0 Å². The Morgan fingerprint density at radius 3 is 2.50 bits per heavy atom. The number of carbonyl (C=O) groups excluding carboxylic acids is 1. The molecule has 2 aromatic rings. The third-order valence-electron chi connectivity index (χ3n) is 3.18. The lowest BCUT2D eigenvalue weighted by molar-refractivity contribution is -0.117. The summed E-state index contributed by atoms with van der Waals surface area (Å²) >= 11 is 6.02. The highest BCUT2D eigenvalue weighted by Crippen LogP contribution is 2.32. The maximum Gasteiger partial charge on any atom is 0.226 e. The van der Waals surface area contributed by atoms with Crippen LogP contribution in [0.25, 0.3) is 0 Å². The summed E-state index contributed by atoms with van der Waals surface area (Å²) in [6.45, 7) is 2.84. The summed E-state index contributed by atoms with van der Waals surface area (Å²) in [5, 5.41) is 3.31. The molecule has 0 spiro atoms. The van der Waals surface area contributed by atoms with Gasteiger partial charge in [0.15, 0.2) is 5.75 Å². The fourth-order valence-corrected chi connectivity index (χ4v) is 2.15. The number of methoxy groups -OCH3 is 1. The van der Waals surface area contributed by atoms with Crippen molar-refractivity contribution in [2.45, 2.75) is 13.3 Å². The monoisotopic (exact) mass is 349 g/mol. The molecule has 6 heteroatoms. The highest BCUT2D eigenvalue weighted by atomic mass is 35.5. The molecule has 2 aromatic carbocycles. The molecule has 5 nitrogen and oxygen atoms in total. The van der Waals surface area contributed by atoms with Crippen molar-refractivity contribution in [1.82, 2.24) is 0 Å². The van der Waals surface area contributed by atoms with E-state index in [1.54, 1.807) is 49.6 Å². The van der Waals surface area contributed by atoms with E-state index in [9.17, 15) is 4.79 Å². The molecule has 0 aliphatic rings. The molecule has 2 rings (SSSR count). The zero-order valence-corrected chi connectivity index (χ0v) is 14.4. The van der Waals surface area contributed by atoms with Gasteiger partial charge in [-0.3, -0.25) is 4.79 Å². The maximum absolute atomic E-state index is 12.0. The van der Waals surface area contributed by atoms with E-state index in [1.807, 2.05) is 6.92 Å².